The molecule has 0 aromatic heterocycles. The minimum absolute atomic E-state index is 0.228. The normalized spacial score (nSPS) is 13.8. The molecule has 0 saturated heterocycles. The quantitative estimate of drug-likeness (QED) is 0.300. The van der Waals surface area contributed by atoms with E-state index >= 15 is 0 Å². The molecule has 168 valence electrons. The molecule has 0 heterocycles. The summed E-state index contributed by atoms with van der Waals surface area (Å²) in [6.45, 7) is 4.40. The summed E-state index contributed by atoms with van der Waals surface area (Å²) in [5.41, 5.74) is 0.901. The van der Waals surface area contributed by atoms with Gasteiger partial charge in [0.25, 0.3) is 5.91 Å². The molecule has 2 aromatic rings. The van der Waals surface area contributed by atoms with Crippen molar-refractivity contribution in [1.29, 1.82) is 0 Å². The third-order valence-corrected chi connectivity index (χ3v) is 5.53. The molecular formula is C21H27N2O7P. The van der Waals surface area contributed by atoms with E-state index in [1.807, 2.05) is 6.07 Å². The molecule has 2 rings (SSSR count). The summed E-state index contributed by atoms with van der Waals surface area (Å²) in [4.78, 5) is 24.5. The number of amides is 1. The molecule has 9 nitrogen and oxygen atoms in total. The molecule has 0 aliphatic rings. The average Bonchev–Trinajstić information content (AvgIpc) is 2.74. The van der Waals surface area contributed by atoms with Crippen LogP contribution in [0.25, 0.3) is 0 Å². The van der Waals surface area contributed by atoms with Crippen molar-refractivity contribution in [2.45, 2.75) is 32.9 Å². The lowest BCUT2D eigenvalue weighted by Gasteiger charge is -2.21. The van der Waals surface area contributed by atoms with Crippen LogP contribution in [0.4, 0.5) is 5.69 Å². The van der Waals surface area contributed by atoms with Gasteiger partial charge in [0.05, 0.1) is 11.7 Å². The number of rotatable bonds is 11. The fourth-order valence-electron chi connectivity index (χ4n) is 2.43. The standard InChI is InChI=1S/C21H27N2O7P/c1-15(2)30-21(25)16(3)23-31(26,27-4)29-14-28-19-13-9-8-12-18(19)20(24)22-17-10-6-5-7-11-17/h5-13,15-16H,14H2,1-4H3,(H,22,24)(H,23,26)/t16-,31?/m0/s1. The number of benzene rings is 2. The molecule has 10 heteroatoms. The molecule has 31 heavy (non-hydrogen) atoms. The minimum Gasteiger partial charge on any atom is -0.466 e. The highest BCUT2D eigenvalue weighted by atomic mass is 31.2. The molecular weight excluding hydrogens is 423 g/mol. The summed E-state index contributed by atoms with van der Waals surface area (Å²) >= 11 is 0. The summed E-state index contributed by atoms with van der Waals surface area (Å²) < 4.78 is 33.4. The highest BCUT2D eigenvalue weighted by Crippen LogP contribution is 2.43. The molecule has 0 saturated carbocycles. The Labute approximate surface area is 181 Å². The van der Waals surface area contributed by atoms with Gasteiger partial charge < -0.3 is 19.3 Å². The summed E-state index contributed by atoms with van der Waals surface area (Å²) in [5.74, 6) is -0.745. The Morgan fingerprint density at radius 1 is 1.00 bits per heavy atom. The zero-order chi connectivity index (χ0) is 22.9. The van der Waals surface area contributed by atoms with Crippen LogP contribution in [-0.2, 0) is 23.1 Å². The Morgan fingerprint density at radius 3 is 2.29 bits per heavy atom. The van der Waals surface area contributed by atoms with Gasteiger partial charge in [0.1, 0.15) is 11.8 Å². The number of hydrogen-bond acceptors (Lipinski definition) is 7. The van der Waals surface area contributed by atoms with Crippen LogP contribution in [0.15, 0.2) is 54.6 Å². The van der Waals surface area contributed by atoms with Gasteiger partial charge in [-0.05, 0) is 45.0 Å². The zero-order valence-electron chi connectivity index (χ0n) is 17.9. The summed E-state index contributed by atoms with van der Waals surface area (Å²) in [5, 5.41) is 5.25. The number of hydrogen-bond donors (Lipinski definition) is 2. The number of esters is 1. The van der Waals surface area contributed by atoms with E-state index in [2.05, 4.69) is 10.4 Å². The van der Waals surface area contributed by atoms with E-state index in [9.17, 15) is 14.2 Å². The molecule has 0 fully saturated rings. The summed E-state index contributed by atoms with van der Waals surface area (Å²) in [6.07, 6.45) is -0.318. The average molecular weight is 450 g/mol. The lowest BCUT2D eigenvalue weighted by atomic mass is 10.2. The Bertz CT molecular complexity index is 921. The van der Waals surface area contributed by atoms with Gasteiger partial charge in [0.2, 0.25) is 0 Å². The molecule has 2 aromatic carbocycles. The van der Waals surface area contributed by atoms with Gasteiger partial charge in [0.15, 0.2) is 6.79 Å². The Balaban J connectivity index is 1.98. The van der Waals surface area contributed by atoms with Gasteiger partial charge in [-0.15, -0.1) is 0 Å². The Kier molecular flexibility index (Phi) is 9.21. The smallest absolute Gasteiger partial charge is 0.408 e. The van der Waals surface area contributed by atoms with Crippen molar-refractivity contribution in [3.63, 3.8) is 0 Å². The number of anilines is 1. The van der Waals surface area contributed by atoms with Crippen molar-refractivity contribution in [2.24, 2.45) is 0 Å². The number of nitrogens with one attached hydrogen (secondary N) is 2. The first-order valence-corrected chi connectivity index (χ1v) is 11.1. The van der Waals surface area contributed by atoms with Crippen LogP contribution < -0.4 is 15.1 Å². The van der Waals surface area contributed by atoms with E-state index in [0.29, 0.717) is 5.69 Å². The van der Waals surface area contributed by atoms with Gasteiger partial charge in [-0.1, -0.05) is 30.3 Å². The van der Waals surface area contributed by atoms with Crippen LogP contribution in [0, 0.1) is 0 Å². The molecule has 1 unspecified atom stereocenters. The second-order valence-electron chi connectivity index (χ2n) is 6.72. The number of para-hydroxylation sites is 2. The molecule has 0 radical (unpaired) electrons. The number of ether oxygens (including phenoxy) is 2. The van der Waals surface area contributed by atoms with Crippen LogP contribution >= 0.6 is 7.75 Å². The van der Waals surface area contributed by atoms with Crippen LogP contribution in [0.1, 0.15) is 31.1 Å². The predicted octanol–water partition coefficient (Wildman–Crippen LogP) is 3.98. The molecule has 2 N–H and O–H groups in total. The van der Waals surface area contributed by atoms with Crippen molar-refractivity contribution in [2.75, 3.05) is 19.2 Å². The van der Waals surface area contributed by atoms with Gasteiger partial charge in [-0.3, -0.25) is 14.1 Å². The molecule has 0 bridgehead atoms. The Hall–Kier alpha value is -2.71. The van der Waals surface area contributed by atoms with E-state index in [1.165, 1.54) is 14.0 Å². The number of carbonyl (C=O) groups excluding carboxylic acids is 2. The third-order valence-electron chi connectivity index (χ3n) is 3.90. The first-order valence-electron chi connectivity index (χ1n) is 9.61. The molecule has 0 spiro atoms. The fourth-order valence-corrected chi connectivity index (χ4v) is 3.48. The molecule has 1 amide bonds. The van der Waals surface area contributed by atoms with Gasteiger partial charge in [-0.2, -0.15) is 0 Å². The van der Waals surface area contributed by atoms with Crippen molar-refractivity contribution in [3.05, 3.63) is 60.2 Å². The van der Waals surface area contributed by atoms with Gasteiger partial charge in [-0.25, -0.2) is 9.65 Å². The van der Waals surface area contributed by atoms with Crippen molar-refractivity contribution >= 4 is 25.3 Å². The van der Waals surface area contributed by atoms with Crippen LogP contribution in [0.2, 0.25) is 0 Å². The minimum atomic E-state index is -3.86. The lowest BCUT2D eigenvalue weighted by molar-refractivity contribution is -0.149. The maximum atomic E-state index is 12.7. The summed E-state index contributed by atoms with van der Waals surface area (Å²) in [7, 11) is -2.68. The van der Waals surface area contributed by atoms with Crippen LogP contribution in [0.5, 0.6) is 5.75 Å². The number of carbonyl (C=O) groups is 2. The maximum absolute atomic E-state index is 12.7. The van der Waals surface area contributed by atoms with E-state index < -0.39 is 26.6 Å². The zero-order valence-corrected chi connectivity index (χ0v) is 18.8. The second-order valence-corrected chi connectivity index (χ2v) is 8.60. The van der Waals surface area contributed by atoms with E-state index in [0.717, 1.165) is 0 Å². The van der Waals surface area contributed by atoms with Crippen molar-refractivity contribution in [1.82, 2.24) is 5.09 Å². The SMILES string of the molecule is COP(=O)(N[C@@H](C)C(=O)OC(C)C)OCOc1ccccc1C(=O)Nc1ccccc1. The largest absolute Gasteiger partial charge is 0.466 e. The highest BCUT2D eigenvalue weighted by molar-refractivity contribution is 7.51. The highest BCUT2D eigenvalue weighted by Gasteiger charge is 2.30. The van der Waals surface area contributed by atoms with Gasteiger partial charge >= 0.3 is 13.7 Å². The van der Waals surface area contributed by atoms with Crippen LogP contribution in [-0.4, -0.2) is 37.9 Å². The first kappa shape index (κ1) is 24.6. The maximum Gasteiger partial charge on any atom is 0.408 e. The topological polar surface area (TPSA) is 112 Å². The first-order chi connectivity index (χ1) is 14.7. The molecule has 0 aliphatic carbocycles. The van der Waals surface area contributed by atoms with E-state index in [-0.39, 0.29) is 23.3 Å². The van der Waals surface area contributed by atoms with E-state index in [1.54, 1.807) is 62.4 Å². The third kappa shape index (κ3) is 7.80. The summed E-state index contributed by atoms with van der Waals surface area (Å²) in [6, 6.07) is 14.6. The Morgan fingerprint density at radius 2 is 1.65 bits per heavy atom. The lowest BCUT2D eigenvalue weighted by Crippen LogP contribution is -2.35. The second kappa shape index (κ2) is 11.6. The monoisotopic (exact) mass is 450 g/mol. The predicted molar refractivity (Wildman–Crippen MR) is 116 cm³/mol. The van der Waals surface area contributed by atoms with Gasteiger partial charge in [0, 0.05) is 12.8 Å². The molecule has 0 aliphatic heterocycles. The van der Waals surface area contributed by atoms with Crippen LogP contribution in [0.3, 0.4) is 0 Å². The van der Waals surface area contributed by atoms with Crippen molar-refractivity contribution in [3.8, 4) is 5.75 Å². The van der Waals surface area contributed by atoms with E-state index in [4.69, 9.17) is 18.5 Å². The molecule has 2 atom stereocenters. The fraction of sp³-hybridized carbons (Fsp3) is 0.333. The van der Waals surface area contributed by atoms with Crippen molar-refractivity contribution < 1.29 is 32.7 Å².